The number of nitrogens with one attached hydrogen (secondary N) is 1. The predicted molar refractivity (Wildman–Crippen MR) is 43.0 cm³/mol. The van der Waals surface area contributed by atoms with Crippen LogP contribution < -0.4 is 0 Å². The molecular weight excluding hydrogens is 141 g/mol. The zero-order valence-electron chi connectivity index (χ0n) is 6.19. The number of hydrogen-bond acceptors (Lipinski definition) is 0. The molecule has 56 valence electrons. The quantitative estimate of drug-likeness (QED) is 0.592. The maximum atomic E-state index is 13.1. The van der Waals surface area contributed by atoms with E-state index in [1.807, 2.05) is 18.2 Å². The lowest BCUT2D eigenvalue weighted by Gasteiger charge is -1.84. The van der Waals surface area contributed by atoms with Crippen LogP contribution in [0.5, 0.6) is 0 Å². The molecule has 0 spiro atoms. The lowest BCUT2D eigenvalue weighted by molar-refractivity contribution is 0.629. The van der Waals surface area contributed by atoms with E-state index in [9.17, 15) is 4.39 Å². The Bertz CT molecular complexity index is 389. The Labute approximate surface area is 63.9 Å². The molecule has 2 aromatic rings. The van der Waals surface area contributed by atoms with E-state index in [1.54, 1.807) is 13.0 Å². The summed E-state index contributed by atoms with van der Waals surface area (Å²) in [5.74, 6) is -0.138. The van der Waals surface area contributed by atoms with Gasteiger partial charge in [-0.1, -0.05) is 12.1 Å². The second-order valence-electron chi connectivity index (χ2n) is 2.61. The van der Waals surface area contributed by atoms with Crippen LogP contribution in [0.25, 0.3) is 10.9 Å². The standard InChI is InChI=1S/C9H8FN/c1-6-9(10)7-4-2-3-5-8(7)11-6/h2-5,11H,1H3. The Morgan fingerprint density at radius 2 is 2.00 bits per heavy atom. The molecule has 2 rings (SSSR count). The van der Waals surface area contributed by atoms with E-state index in [2.05, 4.69) is 4.98 Å². The fourth-order valence-corrected chi connectivity index (χ4v) is 1.24. The van der Waals surface area contributed by atoms with E-state index in [4.69, 9.17) is 0 Å². The number of rotatable bonds is 0. The maximum absolute atomic E-state index is 13.1. The van der Waals surface area contributed by atoms with Crippen molar-refractivity contribution in [1.82, 2.24) is 4.98 Å². The van der Waals surface area contributed by atoms with Crippen molar-refractivity contribution in [3.8, 4) is 0 Å². The minimum Gasteiger partial charge on any atom is -0.356 e. The first-order valence-electron chi connectivity index (χ1n) is 3.52. The average molecular weight is 149 g/mol. The predicted octanol–water partition coefficient (Wildman–Crippen LogP) is 2.62. The number of aromatic amines is 1. The van der Waals surface area contributed by atoms with Gasteiger partial charge in [-0.3, -0.25) is 0 Å². The monoisotopic (exact) mass is 149 g/mol. The van der Waals surface area contributed by atoms with Gasteiger partial charge in [-0.15, -0.1) is 0 Å². The normalized spacial score (nSPS) is 10.7. The highest BCUT2D eigenvalue weighted by Gasteiger charge is 2.04. The molecule has 0 unspecified atom stereocenters. The summed E-state index contributed by atoms with van der Waals surface area (Å²) in [6.07, 6.45) is 0. The van der Waals surface area contributed by atoms with E-state index >= 15 is 0 Å². The minimum absolute atomic E-state index is 0.138. The minimum atomic E-state index is -0.138. The molecule has 0 saturated carbocycles. The highest BCUT2D eigenvalue weighted by atomic mass is 19.1. The molecule has 0 radical (unpaired) electrons. The Hall–Kier alpha value is -1.31. The van der Waals surface area contributed by atoms with Gasteiger partial charge in [0.1, 0.15) is 0 Å². The van der Waals surface area contributed by atoms with Gasteiger partial charge in [-0.2, -0.15) is 0 Å². The van der Waals surface area contributed by atoms with Gasteiger partial charge in [0, 0.05) is 16.6 Å². The summed E-state index contributed by atoms with van der Waals surface area (Å²) in [6.45, 7) is 1.73. The van der Waals surface area contributed by atoms with E-state index in [-0.39, 0.29) is 5.82 Å². The third kappa shape index (κ3) is 0.827. The van der Waals surface area contributed by atoms with Crippen molar-refractivity contribution in [2.24, 2.45) is 0 Å². The van der Waals surface area contributed by atoms with Crippen molar-refractivity contribution in [3.05, 3.63) is 35.8 Å². The first-order chi connectivity index (χ1) is 5.29. The van der Waals surface area contributed by atoms with Gasteiger partial charge in [0.25, 0.3) is 0 Å². The van der Waals surface area contributed by atoms with Crippen LogP contribution in [0.2, 0.25) is 0 Å². The van der Waals surface area contributed by atoms with Crippen molar-refractivity contribution in [1.29, 1.82) is 0 Å². The summed E-state index contributed by atoms with van der Waals surface area (Å²) in [5.41, 5.74) is 1.47. The number of aromatic nitrogens is 1. The van der Waals surface area contributed by atoms with Crippen LogP contribution >= 0.6 is 0 Å². The summed E-state index contributed by atoms with van der Waals surface area (Å²) in [6, 6.07) is 7.36. The topological polar surface area (TPSA) is 15.8 Å². The Morgan fingerprint density at radius 3 is 2.73 bits per heavy atom. The van der Waals surface area contributed by atoms with Crippen LogP contribution in [0.4, 0.5) is 4.39 Å². The Kier molecular flexibility index (Phi) is 1.22. The van der Waals surface area contributed by atoms with E-state index in [0.717, 1.165) is 5.52 Å². The lowest BCUT2D eigenvalue weighted by atomic mass is 10.2. The first-order valence-corrected chi connectivity index (χ1v) is 3.52. The van der Waals surface area contributed by atoms with E-state index in [1.165, 1.54) is 0 Å². The Balaban J connectivity index is 2.92. The number of benzene rings is 1. The third-order valence-corrected chi connectivity index (χ3v) is 1.81. The second kappa shape index (κ2) is 2.09. The number of hydrogen-bond donors (Lipinski definition) is 1. The van der Waals surface area contributed by atoms with E-state index < -0.39 is 0 Å². The third-order valence-electron chi connectivity index (χ3n) is 1.81. The largest absolute Gasteiger partial charge is 0.356 e. The molecule has 2 heteroatoms. The summed E-state index contributed by atoms with van der Waals surface area (Å²) in [7, 11) is 0. The average Bonchev–Trinajstić information content (AvgIpc) is 2.30. The van der Waals surface area contributed by atoms with Gasteiger partial charge in [-0.05, 0) is 19.1 Å². The summed E-state index contributed by atoms with van der Waals surface area (Å²) >= 11 is 0. The zero-order valence-corrected chi connectivity index (χ0v) is 6.19. The number of halogens is 1. The van der Waals surface area contributed by atoms with Crippen LogP contribution in [0.3, 0.4) is 0 Å². The first kappa shape index (κ1) is 6.40. The van der Waals surface area contributed by atoms with Gasteiger partial charge in [0.2, 0.25) is 0 Å². The van der Waals surface area contributed by atoms with Gasteiger partial charge >= 0.3 is 0 Å². The highest BCUT2D eigenvalue weighted by molar-refractivity contribution is 5.80. The van der Waals surface area contributed by atoms with Crippen molar-refractivity contribution in [3.63, 3.8) is 0 Å². The van der Waals surface area contributed by atoms with Crippen molar-refractivity contribution in [2.75, 3.05) is 0 Å². The van der Waals surface area contributed by atoms with Gasteiger partial charge < -0.3 is 4.98 Å². The van der Waals surface area contributed by atoms with Crippen LogP contribution in [0.1, 0.15) is 5.69 Å². The molecule has 0 aliphatic heterocycles. The molecule has 1 aromatic carbocycles. The number of para-hydroxylation sites is 1. The molecule has 1 nitrogen and oxygen atoms in total. The highest BCUT2D eigenvalue weighted by Crippen LogP contribution is 2.18. The molecule has 0 aliphatic rings. The van der Waals surface area contributed by atoms with Crippen molar-refractivity contribution < 1.29 is 4.39 Å². The molecule has 1 aromatic heterocycles. The molecule has 0 bridgehead atoms. The molecule has 0 saturated heterocycles. The maximum Gasteiger partial charge on any atom is 0.151 e. The molecule has 0 aliphatic carbocycles. The van der Waals surface area contributed by atoms with Crippen LogP contribution in [-0.4, -0.2) is 4.98 Å². The van der Waals surface area contributed by atoms with Crippen LogP contribution in [0, 0.1) is 12.7 Å². The number of aryl methyl sites for hydroxylation is 1. The smallest absolute Gasteiger partial charge is 0.151 e. The van der Waals surface area contributed by atoms with Crippen molar-refractivity contribution >= 4 is 10.9 Å². The van der Waals surface area contributed by atoms with Crippen LogP contribution in [0.15, 0.2) is 24.3 Å². The number of fused-ring (bicyclic) bond motifs is 1. The van der Waals surface area contributed by atoms with Gasteiger partial charge in [0.15, 0.2) is 5.82 Å². The summed E-state index contributed by atoms with van der Waals surface area (Å²) in [4.78, 5) is 2.95. The fourth-order valence-electron chi connectivity index (χ4n) is 1.24. The molecule has 1 N–H and O–H groups in total. The molecule has 11 heavy (non-hydrogen) atoms. The van der Waals surface area contributed by atoms with Gasteiger partial charge in [-0.25, -0.2) is 4.39 Å². The molecule has 1 heterocycles. The SMILES string of the molecule is Cc1[nH]c2ccccc2c1F. The Morgan fingerprint density at radius 1 is 1.27 bits per heavy atom. The lowest BCUT2D eigenvalue weighted by Crippen LogP contribution is -1.72. The zero-order chi connectivity index (χ0) is 7.84. The summed E-state index contributed by atoms with van der Waals surface area (Å²) < 4.78 is 13.1. The van der Waals surface area contributed by atoms with Crippen LogP contribution in [-0.2, 0) is 0 Å². The molecular formula is C9H8FN. The molecule has 0 amide bonds. The van der Waals surface area contributed by atoms with Crippen molar-refractivity contribution in [2.45, 2.75) is 6.92 Å². The molecule has 0 fully saturated rings. The van der Waals surface area contributed by atoms with Gasteiger partial charge in [0.05, 0.1) is 0 Å². The number of H-pyrrole nitrogens is 1. The second-order valence-corrected chi connectivity index (χ2v) is 2.61. The molecule has 0 atom stereocenters. The summed E-state index contributed by atoms with van der Waals surface area (Å²) in [5, 5.41) is 0.671. The fraction of sp³-hybridized carbons (Fsp3) is 0.111. The van der Waals surface area contributed by atoms with E-state index in [0.29, 0.717) is 11.1 Å².